The second kappa shape index (κ2) is 5.77. The molecule has 1 aromatic heterocycles. The maximum atomic E-state index is 11.2. The average molecular weight is 250 g/mol. The third kappa shape index (κ3) is 2.76. The van der Waals surface area contributed by atoms with Gasteiger partial charge in [0.25, 0.3) is 0 Å². The highest BCUT2D eigenvalue weighted by atomic mass is 16.5. The Morgan fingerprint density at radius 1 is 1.50 bits per heavy atom. The number of methoxy groups -OCH3 is 1. The topological polar surface area (TPSA) is 90.1 Å². The summed E-state index contributed by atoms with van der Waals surface area (Å²) in [6.07, 6.45) is 3.44. The fourth-order valence-electron chi connectivity index (χ4n) is 2.32. The zero-order chi connectivity index (χ0) is 13.0. The standard InChI is InChI=1S/C12H18N4O2/c1-18-12(17)10-5-6-11(16-15-10)14-9-4-2-3-8(9)7-13/h5-6,8-9H,2-4,7,13H2,1H3,(H,14,16). The van der Waals surface area contributed by atoms with Crippen LogP contribution >= 0.6 is 0 Å². The van der Waals surface area contributed by atoms with E-state index in [2.05, 4.69) is 20.3 Å². The Morgan fingerprint density at radius 3 is 2.94 bits per heavy atom. The molecule has 0 aromatic carbocycles. The SMILES string of the molecule is COC(=O)c1ccc(NC2CCCC2CN)nn1. The Hall–Kier alpha value is -1.69. The minimum atomic E-state index is -0.477. The summed E-state index contributed by atoms with van der Waals surface area (Å²) in [6, 6.07) is 3.70. The van der Waals surface area contributed by atoms with Crippen LogP contribution in [0.15, 0.2) is 12.1 Å². The monoisotopic (exact) mass is 250 g/mol. The highest BCUT2D eigenvalue weighted by Gasteiger charge is 2.26. The van der Waals surface area contributed by atoms with Crippen LogP contribution in [0.1, 0.15) is 29.8 Å². The van der Waals surface area contributed by atoms with Gasteiger partial charge in [-0.1, -0.05) is 6.42 Å². The van der Waals surface area contributed by atoms with Crippen molar-refractivity contribution >= 4 is 11.8 Å². The van der Waals surface area contributed by atoms with Gasteiger partial charge in [0.2, 0.25) is 0 Å². The van der Waals surface area contributed by atoms with Crippen molar-refractivity contribution in [3.8, 4) is 0 Å². The molecular weight excluding hydrogens is 232 g/mol. The zero-order valence-corrected chi connectivity index (χ0v) is 10.4. The summed E-state index contributed by atoms with van der Waals surface area (Å²) in [5.74, 6) is 0.690. The summed E-state index contributed by atoms with van der Waals surface area (Å²) in [6.45, 7) is 0.686. The third-order valence-corrected chi connectivity index (χ3v) is 3.35. The fourth-order valence-corrected chi connectivity index (χ4v) is 2.32. The molecule has 2 rings (SSSR count). The van der Waals surface area contributed by atoms with Crippen LogP contribution in [0.25, 0.3) is 0 Å². The first-order chi connectivity index (χ1) is 8.74. The average Bonchev–Trinajstić information content (AvgIpc) is 2.86. The van der Waals surface area contributed by atoms with Gasteiger partial charge in [0, 0.05) is 6.04 Å². The Morgan fingerprint density at radius 2 is 2.33 bits per heavy atom. The molecule has 1 aliphatic carbocycles. The summed E-state index contributed by atoms with van der Waals surface area (Å²) in [7, 11) is 1.32. The molecule has 3 N–H and O–H groups in total. The van der Waals surface area contributed by atoms with Crippen LogP contribution in [-0.2, 0) is 4.74 Å². The minimum Gasteiger partial charge on any atom is -0.464 e. The van der Waals surface area contributed by atoms with Gasteiger partial charge in [0.05, 0.1) is 7.11 Å². The molecular formula is C12H18N4O2. The van der Waals surface area contributed by atoms with Crippen molar-refractivity contribution in [2.24, 2.45) is 11.7 Å². The quantitative estimate of drug-likeness (QED) is 0.768. The van der Waals surface area contributed by atoms with Crippen molar-refractivity contribution in [1.82, 2.24) is 10.2 Å². The van der Waals surface area contributed by atoms with Crippen LogP contribution in [0.2, 0.25) is 0 Å². The lowest BCUT2D eigenvalue weighted by Gasteiger charge is -2.19. The summed E-state index contributed by atoms with van der Waals surface area (Å²) < 4.78 is 4.57. The lowest BCUT2D eigenvalue weighted by Crippen LogP contribution is -2.29. The maximum Gasteiger partial charge on any atom is 0.358 e. The number of carbonyl (C=O) groups excluding carboxylic acids is 1. The van der Waals surface area contributed by atoms with Crippen molar-refractivity contribution < 1.29 is 9.53 Å². The number of aromatic nitrogens is 2. The number of nitrogens with two attached hydrogens (primary N) is 1. The van der Waals surface area contributed by atoms with E-state index in [0.717, 1.165) is 12.8 Å². The van der Waals surface area contributed by atoms with Crippen LogP contribution < -0.4 is 11.1 Å². The van der Waals surface area contributed by atoms with Gasteiger partial charge in [-0.2, -0.15) is 0 Å². The van der Waals surface area contributed by atoms with Gasteiger partial charge in [0.15, 0.2) is 5.69 Å². The molecule has 2 atom stereocenters. The van der Waals surface area contributed by atoms with E-state index < -0.39 is 5.97 Å². The van der Waals surface area contributed by atoms with Crippen molar-refractivity contribution in [2.45, 2.75) is 25.3 Å². The van der Waals surface area contributed by atoms with Crippen LogP contribution in [-0.4, -0.2) is 35.9 Å². The lowest BCUT2D eigenvalue weighted by molar-refractivity contribution is 0.0593. The van der Waals surface area contributed by atoms with E-state index in [4.69, 9.17) is 5.73 Å². The molecule has 6 nitrogen and oxygen atoms in total. The molecule has 1 aliphatic rings. The number of anilines is 1. The number of nitrogens with zero attached hydrogens (tertiary/aromatic N) is 2. The van der Waals surface area contributed by atoms with E-state index >= 15 is 0 Å². The van der Waals surface area contributed by atoms with Gasteiger partial charge in [0.1, 0.15) is 5.82 Å². The Balaban J connectivity index is 2.00. The van der Waals surface area contributed by atoms with Crippen molar-refractivity contribution in [1.29, 1.82) is 0 Å². The molecule has 0 spiro atoms. The second-order valence-corrected chi connectivity index (χ2v) is 4.47. The van der Waals surface area contributed by atoms with Crippen molar-refractivity contribution in [3.05, 3.63) is 17.8 Å². The number of esters is 1. The Kier molecular flexibility index (Phi) is 4.09. The normalized spacial score (nSPS) is 22.8. The van der Waals surface area contributed by atoms with Crippen LogP contribution in [0, 0.1) is 5.92 Å². The van der Waals surface area contributed by atoms with E-state index in [9.17, 15) is 4.79 Å². The summed E-state index contributed by atoms with van der Waals surface area (Å²) in [4.78, 5) is 11.2. The molecule has 0 amide bonds. The third-order valence-electron chi connectivity index (χ3n) is 3.35. The first kappa shape index (κ1) is 12.8. The van der Waals surface area contributed by atoms with Crippen molar-refractivity contribution in [3.63, 3.8) is 0 Å². The number of carbonyl (C=O) groups is 1. The van der Waals surface area contributed by atoms with E-state index in [1.807, 2.05) is 0 Å². The van der Waals surface area contributed by atoms with E-state index in [1.165, 1.54) is 13.5 Å². The van der Waals surface area contributed by atoms with E-state index in [1.54, 1.807) is 12.1 Å². The minimum absolute atomic E-state index is 0.213. The summed E-state index contributed by atoms with van der Waals surface area (Å²) in [5.41, 5.74) is 5.94. The molecule has 2 unspecified atom stereocenters. The zero-order valence-electron chi connectivity index (χ0n) is 10.4. The predicted molar refractivity (Wildman–Crippen MR) is 67.2 cm³/mol. The van der Waals surface area contributed by atoms with Gasteiger partial charge in [-0.3, -0.25) is 0 Å². The molecule has 0 bridgehead atoms. The number of rotatable bonds is 4. The molecule has 6 heteroatoms. The molecule has 98 valence electrons. The Bertz CT molecular complexity index is 407. The molecule has 0 radical (unpaired) electrons. The smallest absolute Gasteiger partial charge is 0.358 e. The number of ether oxygens (including phenoxy) is 1. The van der Waals surface area contributed by atoms with E-state index in [0.29, 0.717) is 24.3 Å². The van der Waals surface area contributed by atoms with Gasteiger partial charge in [-0.05, 0) is 37.4 Å². The van der Waals surface area contributed by atoms with Crippen LogP contribution in [0.3, 0.4) is 0 Å². The van der Waals surface area contributed by atoms with E-state index in [-0.39, 0.29) is 5.69 Å². The maximum absolute atomic E-state index is 11.2. The van der Waals surface area contributed by atoms with Crippen LogP contribution in [0.4, 0.5) is 5.82 Å². The fraction of sp³-hybridized carbons (Fsp3) is 0.583. The highest BCUT2D eigenvalue weighted by molar-refractivity contribution is 5.86. The number of nitrogens with one attached hydrogen (secondary N) is 1. The van der Waals surface area contributed by atoms with Gasteiger partial charge >= 0.3 is 5.97 Å². The first-order valence-electron chi connectivity index (χ1n) is 6.13. The highest BCUT2D eigenvalue weighted by Crippen LogP contribution is 2.27. The molecule has 1 fully saturated rings. The van der Waals surface area contributed by atoms with Gasteiger partial charge in [-0.25, -0.2) is 4.79 Å². The number of hydrogen-bond donors (Lipinski definition) is 2. The molecule has 1 heterocycles. The van der Waals surface area contributed by atoms with Crippen molar-refractivity contribution in [2.75, 3.05) is 19.0 Å². The van der Waals surface area contributed by atoms with Crippen LogP contribution in [0.5, 0.6) is 0 Å². The first-order valence-corrected chi connectivity index (χ1v) is 6.13. The van der Waals surface area contributed by atoms with Gasteiger partial charge < -0.3 is 15.8 Å². The molecule has 1 aromatic rings. The number of hydrogen-bond acceptors (Lipinski definition) is 6. The molecule has 0 saturated heterocycles. The molecule has 1 saturated carbocycles. The van der Waals surface area contributed by atoms with Gasteiger partial charge in [-0.15, -0.1) is 10.2 Å². The summed E-state index contributed by atoms with van der Waals surface area (Å²) >= 11 is 0. The molecule has 18 heavy (non-hydrogen) atoms. The lowest BCUT2D eigenvalue weighted by atomic mass is 10.0. The molecule has 0 aliphatic heterocycles. The summed E-state index contributed by atoms with van der Waals surface area (Å²) in [5, 5.41) is 11.1. The predicted octanol–water partition coefficient (Wildman–Crippen LogP) is 0.802. The largest absolute Gasteiger partial charge is 0.464 e. The Labute approximate surface area is 106 Å². The second-order valence-electron chi connectivity index (χ2n) is 4.47.